The van der Waals surface area contributed by atoms with Crippen LogP contribution in [0.5, 0.6) is 0 Å². The molecule has 0 radical (unpaired) electrons. The van der Waals surface area contributed by atoms with Crippen molar-refractivity contribution >= 4 is 21.6 Å². The van der Waals surface area contributed by atoms with E-state index in [2.05, 4.69) is 4.98 Å². The van der Waals surface area contributed by atoms with Crippen molar-refractivity contribution in [2.75, 3.05) is 0 Å². The molecule has 0 saturated carbocycles. The summed E-state index contributed by atoms with van der Waals surface area (Å²) in [7, 11) is 0. The van der Waals surface area contributed by atoms with Crippen molar-refractivity contribution in [3.63, 3.8) is 0 Å². The monoisotopic (exact) mass is 338 g/mol. The SMILES string of the molecule is CCc1cc2c(=O)n(Cc3ccccc3C(F)(F)F)cnc2s1. The van der Waals surface area contributed by atoms with Gasteiger partial charge in [-0.3, -0.25) is 9.36 Å². The van der Waals surface area contributed by atoms with Gasteiger partial charge in [-0.2, -0.15) is 13.2 Å². The van der Waals surface area contributed by atoms with Gasteiger partial charge in [-0.1, -0.05) is 25.1 Å². The van der Waals surface area contributed by atoms with Crippen LogP contribution in [0.2, 0.25) is 0 Å². The van der Waals surface area contributed by atoms with Crippen molar-refractivity contribution in [3.05, 3.63) is 63.0 Å². The molecular weight excluding hydrogens is 325 g/mol. The quantitative estimate of drug-likeness (QED) is 0.721. The molecule has 7 heteroatoms. The highest BCUT2D eigenvalue weighted by molar-refractivity contribution is 7.18. The lowest BCUT2D eigenvalue weighted by atomic mass is 10.1. The van der Waals surface area contributed by atoms with E-state index in [1.165, 1.54) is 40.4 Å². The van der Waals surface area contributed by atoms with Gasteiger partial charge in [0.1, 0.15) is 4.83 Å². The van der Waals surface area contributed by atoms with E-state index in [1.807, 2.05) is 6.92 Å². The van der Waals surface area contributed by atoms with Crippen LogP contribution in [0.1, 0.15) is 22.9 Å². The van der Waals surface area contributed by atoms with E-state index in [1.54, 1.807) is 6.07 Å². The van der Waals surface area contributed by atoms with E-state index in [0.717, 1.165) is 17.4 Å². The molecule has 0 aliphatic rings. The first kappa shape index (κ1) is 15.7. The number of hydrogen-bond donors (Lipinski definition) is 0. The molecule has 120 valence electrons. The Labute approximate surface area is 134 Å². The second-order valence-electron chi connectivity index (χ2n) is 5.12. The fourth-order valence-corrected chi connectivity index (χ4v) is 3.34. The Kier molecular flexibility index (Phi) is 3.97. The van der Waals surface area contributed by atoms with Crippen LogP contribution in [0.15, 0.2) is 41.5 Å². The van der Waals surface area contributed by atoms with E-state index in [9.17, 15) is 18.0 Å². The predicted octanol–water partition coefficient (Wildman–Crippen LogP) is 4.09. The molecule has 0 fully saturated rings. The minimum absolute atomic E-state index is 0.0502. The maximum Gasteiger partial charge on any atom is 0.416 e. The van der Waals surface area contributed by atoms with Gasteiger partial charge in [0.05, 0.1) is 23.8 Å². The molecule has 3 nitrogen and oxygen atoms in total. The third-order valence-electron chi connectivity index (χ3n) is 3.58. The molecule has 2 heterocycles. The normalized spacial score (nSPS) is 12.0. The Hall–Kier alpha value is -2.15. The standard InChI is InChI=1S/C16H13F3N2OS/c1-2-11-7-12-14(23-11)20-9-21(15(12)22)8-10-5-3-4-6-13(10)16(17,18)19/h3-7,9H,2,8H2,1H3. The number of aromatic nitrogens is 2. The van der Waals surface area contributed by atoms with E-state index < -0.39 is 11.7 Å². The Morgan fingerprint density at radius 1 is 1.26 bits per heavy atom. The van der Waals surface area contributed by atoms with Crippen LogP contribution >= 0.6 is 11.3 Å². The predicted molar refractivity (Wildman–Crippen MR) is 83.8 cm³/mol. The van der Waals surface area contributed by atoms with E-state index in [0.29, 0.717) is 10.2 Å². The third kappa shape index (κ3) is 3.01. The van der Waals surface area contributed by atoms with Crippen molar-refractivity contribution in [1.29, 1.82) is 0 Å². The van der Waals surface area contributed by atoms with Gasteiger partial charge in [-0.25, -0.2) is 4.98 Å². The molecule has 23 heavy (non-hydrogen) atoms. The molecule has 0 aliphatic carbocycles. The van der Waals surface area contributed by atoms with Gasteiger partial charge in [0.25, 0.3) is 5.56 Å². The molecule has 0 saturated heterocycles. The van der Waals surface area contributed by atoms with Gasteiger partial charge in [0.15, 0.2) is 0 Å². The van der Waals surface area contributed by atoms with Crippen LogP contribution in [-0.2, 0) is 19.1 Å². The van der Waals surface area contributed by atoms with Crippen LogP contribution in [0.4, 0.5) is 13.2 Å². The lowest BCUT2D eigenvalue weighted by Gasteiger charge is -2.13. The molecule has 3 aromatic rings. The number of nitrogens with zero attached hydrogens (tertiary/aromatic N) is 2. The van der Waals surface area contributed by atoms with Gasteiger partial charge in [-0.05, 0) is 24.1 Å². The zero-order chi connectivity index (χ0) is 16.6. The Morgan fingerprint density at radius 3 is 2.70 bits per heavy atom. The second-order valence-corrected chi connectivity index (χ2v) is 6.23. The van der Waals surface area contributed by atoms with E-state index in [-0.39, 0.29) is 17.7 Å². The number of benzene rings is 1. The molecule has 0 spiro atoms. The lowest BCUT2D eigenvalue weighted by molar-refractivity contribution is -0.138. The van der Waals surface area contributed by atoms with Gasteiger partial charge in [0.2, 0.25) is 0 Å². The molecule has 2 aromatic heterocycles. The summed E-state index contributed by atoms with van der Waals surface area (Å²) in [4.78, 5) is 18.3. The lowest BCUT2D eigenvalue weighted by Crippen LogP contribution is -2.22. The highest BCUT2D eigenvalue weighted by Gasteiger charge is 2.32. The Morgan fingerprint density at radius 2 is 2.00 bits per heavy atom. The molecule has 0 unspecified atom stereocenters. The molecule has 1 aromatic carbocycles. The van der Waals surface area contributed by atoms with E-state index in [4.69, 9.17) is 0 Å². The molecule has 0 aliphatic heterocycles. The van der Waals surface area contributed by atoms with Crippen molar-refractivity contribution in [3.8, 4) is 0 Å². The average molecular weight is 338 g/mol. The summed E-state index contributed by atoms with van der Waals surface area (Å²) in [6, 6.07) is 7.03. The molecule has 0 atom stereocenters. The largest absolute Gasteiger partial charge is 0.416 e. The summed E-state index contributed by atoms with van der Waals surface area (Å²) >= 11 is 1.43. The topological polar surface area (TPSA) is 34.9 Å². The molecule has 0 amide bonds. The molecule has 0 N–H and O–H groups in total. The van der Waals surface area contributed by atoms with Crippen molar-refractivity contribution < 1.29 is 13.2 Å². The number of rotatable bonds is 3. The van der Waals surface area contributed by atoms with Crippen molar-refractivity contribution in [2.45, 2.75) is 26.1 Å². The number of halogens is 3. The van der Waals surface area contributed by atoms with Gasteiger partial charge in [-0.15, -0.1) is 11.3 Å². The highest BCUT2D eigenvalue weighted by atomic mass is 32.1. The van der Waals surface area contributed by atoms with Crippen LogP contribution in [-0.4, -0.2) is 9.55 Å². The Balaban J connectivity index is 2.06. The first-order chi connectivity index (χ1) is 10.9. The smallest absolute Gasteiger partial charge is 0.294 e. The second kappa shape index (κ2) is 5.81. The third-order valence-corrected chi connectivity index (χ3v) is 4.77. The molecule has 3 rings (SSSR count). The Bertz CT molecular complexity index is 912. The fraction of sp³-hybridized carbons (Fsp3) is 0.250. The number of fused-ring (bicyclic) bond motifs is 1. The molecular formula is C16H13F3N2OS. The van der Waals surface area contributed by atoms with Gasteiger partial charge in [0, 0.05) is 4.88 Å². The summed E-state index contributed by atoms with van der Waals surface area (Å²) in [6.07, 6.45) is -2.35. The zero-order valence-corrected chi connectivity index (χ0v) is 13.0. The summed E-state index contributed by atoms with van der Waals surface area (Å²) in [5.74, 6) is 0. The van der Waals surface area contributed by atoms with Crippen LogP contribution in [0.3, 0.4) is 0 Å². The summed E-state index contributed by atoms with van der Waals surface area (Å²) in [5.41, 5.74) is -0.997. The summed E-state index contributed by atoms with van der Waals surface area (Å²) < 4.78 is 40.4. The van der Waals surface area contributed by atoms with Crippen molar-refractivity contribution in [1.82, 2.24) is 9.55 Å². The summed E-state index contributed by atoms with van der Waals surface area (Å²) in [6.45, 7) is 1.82. The van der Waals surface area contributed by atoms with Gasteiger partial charge < -0.3 is 0 Å². The minimum atomic E-state index is -4.45. The minimum Gasteiger partial charge on any atom is -0.294 e. The van der Waals surface area contributed by atoms with E-state index >= 15 is 0 Å². The number of hydrogen-bond acceptors (Lipinski definition) is 3. The summed E-state index contributed by atoms with van der Waals surface area (Å²) in [5, 5.41) is 0.457. The zero-order valence-electron chi connectivity index (χ0n) is 12.2. The van der Waals surface area contributed by atoms with Crippen LogP contribution in [0.25, 0.3) is 10.2 Å². The first-order valence-corrected chi connectivity index (χ1v) is 7.84. The van der Waals surface area contributed by atoms with Crippen LogP contribution in [0, 0.1) is 0 Å². The highest BCUT2D eigenvalue weighted by Crippen LogP contribution is 2.32. The maximum absolute atomic E-state index is 13.1. The molecule has 0 bridgehead atoms. The van der Waals surface area contributed by atoms with Gasteiger partial charge >= 0.3 is 6.18 Å². The average Bonchev–Trinajstić information content (AvgIpc) is 2.94. The fourth-order valence-electron chi connectivity index (χ4n) is 2.41. The number of thiophene rings is 1. The maximum atomic E-state index is 13.1. The van der Waals surface area contributed by atoms with Crippen LogP contribution < -0.4 is 5.56 Å². The van der Waals surface area contributed by atoms with Crippen molar-refractivity contribution in [2.24, 2.45) is 0 Å². The number of aryl methyl sites for hydroxylation is 1. The number of alkyl halides is 3. The first-order valence-electron chi connectivity index (χ1n) is 7.03.